The zero-order valence-electron chi connectivity index (χ0n) is 9.16. The summed E-state index contributed by atoms with van der Waals surface area (Å²) in [5.74, 6) is -0.0867. The number of hydrogen-bond donors (Lipinski definition) is 0. The fraction of sp³-hybridized carbons (Fsp3) is 0.900. The molecule has 1 heterocycles. The summed E-state index contributed by atoms with van der Waals surface area (Å²) < 4.78 is 5.03. The number of hydrogen-bond acceptors (Lipinski definition) is 4. The first-order valence-electron chi connectivity index (χ1n) is 5.29. The molecule has 1 rings (SSSR count). The van der Waals surface area contributed by atoms with E-state index in [9.17, 15) is 4.79 Å². The van der Waals surface area contributed by atoms with Crippen LogP contribution >= 0.6 is 0 Å². The zero-order valence-corrected chi connectivity index (χ0v) is 9.16. The van der Waals surface area contributed by atoms with Crippen molar-refractivity contribution in [3.8, 4) is 0 Å². The van der Waals surface area contributed by atoms with Crippen molar-refractivity contribution in [2.75, 3.05) is 46.4 Å². The zero-order chi connectivity index (χ0) is 10.4. The van der Waals surface area contributed by atoms with E-state index < -0.39 is 0 Å². The molecule has 4 heteroatoms. The lowest BCUT2D eigenvalue weighted by atomic mass is 10.3. The first-order valence-corrected chi connectivity index (χ1v) is 5.29. The number of likely N-dealkylation sites (N-methyl/N-ethyl adjacent to an activating group) is 1. The van der Waals surface area contributed by atoms with Crippen LogP contribution in [0, 0.1) is 0 Å². The molecular formula is C10H20N2O2. The van der Waals surface area contributed by atoms with Gasteiger partial charge >= 0.3 is 5.97 Å². The van der Waals surface area contributed by atoms with E-state index in [1.807, 2.05) is 6.92 Å². The Bertz CT molecular complexity index is 177. The first-order chi connectivity index (χ1) is 6.72. The van der Waals surface area contributed by atoms with Gasteiger partial charge in [0.2, 0.25) is 0 Å². The van der Waals surface area contributed by atoms with E-state index >= 15 is 0 Å². The lowest BCUT2D eigenvalue weighted by molar-refractivity contribution is -0.145. The second-order valence-electron chi connectivity index (χ2n) is 3.80. The second-order valence-corrected chi connectivity index (χ2v) is 3.80. The number of carbonyl (C=O) groups excluding carboxylic acids is 1. The van der Waals surface area contributed by atoms with Gasteiger partial charge in [0.15, 0.2) is 0 Å². The molecular weight excluding hydrogens is 180 g/mol. The maximum atomic E-state index is 11.3. The largest absolute Gasteiger partial charge is 0.465 e. The van der Waals surface area contributed by atoms with Gasteiger partial charge in [-0.25, -0.2) is 0 Å². The maximum Gasteiger partial charge on any atom is 0.320 e. The molecule has 0 radical (unpaired) electrons. The van der Waals surface area contributed by atoms with Crippen LogP contribution in [0.5, 0.6) is 0 Å². The molecule has 0 atom stereocenters. The Morgan fingerprint density at radius 2 is 1.93 bits per heavy atom. The van der Waals surface area contributed by atoms with Crippen LogP contribution < -0.4 is 0 Å². The molecule has 4 nitrogen and oxygen atoms in total. The van der Waals surface area contributed by atoms with E-state index in [2.05, 4.69) is 16.8 Å². The van der Waals surface area contributed by atoms with Crippen molar-refractivity contribution >= 4 is 5.97 Å². The average Bonchev–Trinajstić information content (AvgIpc) is 2.18. The summed E-state index contributed by atoms with van der Waals surface area (Å²) in [5, 5.41) is 0. The number of ether oxygens (including phenoxy) is 1. The SMILES string of the molecule is CCCOC(=O)CN1CCN(C)CC1. The Hall–Kier alpha value is -0.610. The lowest BCUT2D eigenvalue weighted by Crippen LogP contribution is -2.46. The average molecular weight is 200 g/mol. The summed E-state index contributed by atoms with van der Waals surface area (Å²) in [5.41, 5.74) is 0. The third-order valence-electron chi connectivity index (χ3n) is 2.42. The van der Waals surface area contributed by atoms with E-state index in [1.165, 1.54) is 0 Å². The topological polar surface area (TPSA) is 32.8 Å². The molecule has 0 aliphatic carbocycles. The van der Waals surface area contributed by atoms with Gasteiger partial charge in [-0.15, -0.1) is 0 Å². The van der Waals surface area contributed by atoms with Crippen LogP contribution in [0.25, 0.3) is 0 Å². The van der Waals surface area contributed by atoms with Crippen LogP contribution in [0.15, 0.2) is 0 Å². The molecule has 0 aromatic carbocycles. The number of rotatable bonds is 4. The molecule has 0 unspecified atom stereocenters. The normalized spacial score (nSPS) is 19.6. The van der Waals surface area contributed by atoms with Crippen molar-refractivity contribution < 1.29 is 9.53 Å². The quantitative estimate of drug-likeness (QED) is 0.606. The molecule has 0 amide bonds. The molecule has 0 aromatic heterocycles. The van der Waals surface area contributed by atoms with E-state index in [4.69, 9.17) is 4.74 Å². The van der Waals surface area contributed by atoms with Crippen molar-refractivity contribution in [3.05, 3.63) is 0 Å². The van der Waals surface area contributed by atoms with Crippen LogP contribution in [-0.4, -0.2) is 62.1 Å². The Morgan fingerprint density at radius 1 is 1.29 bits per heavy atom. The van der Waals surface area contributed by atoms with Gasteiger partial charge in [0.05, 0.1) is 13.2 Å². The number of carbonyl (C=O) groups is 1. The van der Waals surface area contributed by atoms with E-state index in [-0.39, 0.29) is 5.97 Å². The van der Waals surface area contributed by atoms with Gasteiger partial charge in [0.25, 0.3) is 0 Å². The predicted octanol–water partition coefficient (Wildman–Crippen LogP) is 0.187. The molecule has 0 N–H and O–H groups in total. The minimum Gasteiger partial charge on any atom is -0.465 e. The number of nitrogens with zero attached hydrogens (tertiary/aromatic N) is 2. The molecule has 1 aliphatic rings. The molecule has 14 heavy (non-hydrogen) atoms. The minimum atomic E-state index is -0.0867. The summed E-state index contributed by atoms with van der Waals surface area (Å²) in [4.78, 5) is 15.7. The number of esters is 1. The van der Waals surface area contributed by atoms with Crippen LogP contribution in [-0.2, 0) is 9.53 Å². The molecule has 1 fully saturated rings. The van der Waals surface area contributed by atoms with Crippen molar-refractivity contribution in [2.24, 2.45) is 0 Å². The minimum absolute atomic E-state index is 0.0867. The summed E-state index contributed by atoms with van der Waals surface area (Å²) in [6.07, 6.45) is 0.897. The standard InChI is InChI=1S/C10H20N2O2/c1-3-8-14-10(13)9-12-6-4-11(2)5-7-12/h3-9H2,1-2H3. The highest BCUT2D eigenvalue weighted by molar-refractivity contribution is 5.71. The van der Waals surface area contributed by atoms with Gasteiger partial charge in [-0.05, 0) is 13.5 Å². The molecule has 0 bridgehead atoms. The van der Waals surface area contributed by atoms with Gasteiger partial charge in [-0.1, -0.05) is 6.92 Å². The summed E-state index contributed by atoms with van der Waals surface area (Å²) >= 11 is 0. The number of piperazine rings is 1. The van der Waals surface area contributed by atoms with E-state index in [1.54, 1.807) is 0 Å². The van der Waals surface area contributed by atoms with Crippen molar-refractivity contribution in [2.45, 2.75) is 13.3 Å². The van der Waals surface area contributed by atoms with Crippen LogP contribution in [0.3, 0.4) is 0 Å². The summed E-state index contributed by atoms with van der Waals surface area (Å²) in [6.45, 7) is 7.03. The lowest BCUT2D eigenvalue weighted by Gasteiger charge is -2.31. The van der Waals surface area contributed by atoms with E-state index in [0.717, 1.165) is 32.6 Å². The molecule has 82 valence electrons. The summed E-state index contributed by atoms with van der Waals surface area (Å²) in [7, 11) is 2.10. The highest BCUT2D eigenvalue weighted by Gasteiger charge is 2.16. The molecule has 0 spiro atoms. The monoisotopic (exact) mass is 200 g/mol. The Labute approximate surface area is 85.8 Å². The Balaban J connectivity index is 2.14. The highest BCUT2D eigenvalue weighted by Crippen LogP contribution is 1.99. The molecule has 1 saturated heterocycles. The predicted molar refractivity (Wildman–Crippen MR) is 55.2 cm³/mol. The van der Waals surface area contributed by atoms with E-state index in [0.29, 0.717) is 13.2 Å². The second kappa shape index (κ2) is 5.98. The van der Waals surface area contributed by atoms with Gasteiger partial charge < -0.3 is 9.64 Å². The van der Waals surface area contributed by atoms with Crippen molar-refractivity contribution in [1.82, 2.24) is 9.80 Å². The Kier molecular flexibility index (Phi) is 4.90. The third-order valence-corrected chi connectivity index (χ3v) is 2.42. The molecule has 0 saturated carbocycles. The van der Waals surface area contributed by atoms with Crippen LogP contribution in [0.4, 0.5) is 0 Å². The fourth-order valence-electron chi connectivity index (χ4n) is 1.45. The Morgan fingerprint density at radius 3 is 2.50 bits per heavy atom. The van der Waals surface area contributed by atoms with Gasteiger partial charge in [0.1, 0.15) is 0 Å². The first kappa shape index (κ1) is 11.5. The smallest absolute Gasteiger partial charge is 0.320 e. The van der Waals surface area contributed by atoms with Gasteiger partial charge in [-0.3, -0.25) is 9.69 Å². The highest BCUT2D eigenvalue weighted by atomic mass is 16.5. The van der Waals surface area contributed by atoms with Crippen molar-refractivity contribution in [1.29, 1.82) is 0 Å². The van der Waals surface area contributed by atoms with Crippen molar-refractivity contribution in [3.63, 3.8) is 0 Å². The van der Waals surface area contributed by atoms with Gasteiger partial charge in [0, 0.05) is 26.2 Å². The van der Waals surface area contributed by atoms with Gasteiger partial charge in [-0.2, -0.15) is 0 Å². The van der Waals surface area contributed by atoms with Crippen LogP contribution in [0.2, 0.25) is 0 Å². The molecule has 0 aromatic rings. The maximum absolute atomic E-state index is 11.3. The molecule has 1 aliphatic heterocycles. The fourth-order valence-corrected chi connectivity index (χ4v) is 1.45. The third kappa shape index (κ3) is 4.07. The summed E-state index contributed by atoms with van der Waals surface area (Å²) in [6, 6.07) is 0. The van der Waals surface area contributed by atoms with Crippen LogP contribution in [0.1, 0.15) is 13.3 Å².